The lowest BCUT2D eigenvalue weighted by Crippen LogP contribution is -2.30. The summed E-state index contributed by atoms with van der Waals surface area (Å²) in [6, 6.07) is 13.8. The van der Waals surface area contributed by atoms with E-state index in [1.807, 2.05) is 30.3 Å². The minimum atomic E-state index is 0.0356. The molecule has 2 aromatic carbocycles. The van der Waals surface area contributed by atoms with Gasteiger partial charge in [-0.25, -0.2) is 0 Å². The molecule has 1 aliphatic rings. The maximum Gasteiger partial charge on any atom is 0.224 e. The number of hydrogen-bond acceptors (Lipinski definition) is 1. The van der Waals surface area contributed by atoms with E-state index in [1.165, 1.54) is 11.1 Å². The smallest absolute Gasteiger partial charge is 0.224 e. The zero-order valence-corrected chi connectivity index (χ0v) is 13.7. The summed E-state index contributed by atoms with van der Waals surface area (Å²) in [6.07, 6.45) is 1.64. The Balaban J connectivity index is 1.60. The Bertz CT molecular complexity index is 686. The quantitative estimate of drug-likeness (QED) is 0.871. The van der Waals surface area contributed by atoms with E-state index in [4.69, 9.17) is 11.6 Å². The van der Waals surface area contributed by atoms with E-state index in [2.05, 4.69) is 33.4 Å². The van der Waals surface area contributed by atoms with Crippen LogP contribution >= 0.6 is 27.5 Å². The van der Waals surface area contributed by atoms with Crippen LogP contribution in [0.5, 0.6) is 0 Å². The lowest BCUT2D eigenvalue weighted by molar-refractivity contribution is -0.124. The number of rotatable bonds is 3. The summed E-state index contributed by atoms with van der Waals surface area (Å²) >= 11 is 9.42. The molecule has 1 aliphatic carbocycles. The van der Waals surface area contributed by atoms with Crippen LogP contribution in [0.15, 0.2) is 46.9 Å². The molecule has 0 fully saturated rings. The van der Waals surface area contributed by atoms with Crippen LogP contribution in [0, 0.1) is 5.92 Å². The zero-order valence-electron chi connectivity index (χ0n) is 11.4. The summed E-state index contributed by atoms with van der Waals surface area (Å²) < 4.78 is 1.07. The molecular formula is C17H15BrClNO. The van der Waals surface area contributed by atoms with Gasteiger partial charge in [-0.3, -0.25) is 4.79 Å². The Morgan fingerprint density at radius 2 is 2.00 bits per heavy atom. The molecule has 0 aromatic heterocycles. The van der Waals surface area contributed by atoms with Crippen LogP contribution in [0.2, 0.25) is 5.02 Å². The topological polar surface area (TPSA) is 29.1 Å². The van der Waals surface area contributed by atoms with Crippen LogP contribution in [0.3, 0.4) is 0 Å². The maximum atomic E-state index is 12.3. The first-order valence-corrected chi connectivity index (χ1v) is 8.08. The summed E-state index contributed by atoms with van der Waals surface area (Å²) in [5.74, 6) is 0.149. The number of amides is 1. The molecule has 0 spiro atoms. The average Bonchev–Trinajstić information content (AvgIpc) is 2.88. The summed E-state index contributed by atoms with van der Waals surface area (Å²) in [4.78, 5) is 12.3. The van der Waals surface area contributed by atoms with Gasteiger partial charge >= 0.3 is 0 Å². The fraction of sp³-hybridized carbons (Fsp3) is 0.235. The van der Waals surface area contributed by atoms with E-state index in [-0.39, 0.29) is 11.8 Å². The molecule has 0 saturated carbocycles. The zero-order chi connectivity index (χ0) is 14.8. The Morgan fingerprint density at radius 1 is 1.19 bits per heavy atom. The minimum Gasteiger partial charge on any atom is -0.352 e. The lowest BCUT2D eigenvalue weighted by Gasteiger charge is -2.10. The molecule has 108 valence electrons. The van der Waals surface area contributed by atoms with Gasteiger partial charge in [0, 0.05) is 22.0 Å². The van der Waals surface area contributed by atoms with E-state index in [0.29, 0.717) is 11.6 Å². The second-order valence-corrected chi connectivity index (χ2v) is 6.72. The Labute approximate surface area is 137 Å². The van der Waals surface area contributed by atoms with E-state index in [1.54, 1.807) is 0 Å². The van der Waals surface area contributed by atoms with Gasteiger partial charge < -0.3 is 5.32 Å². The molecule has 2 aromatic rings. The van der Waals surface area contributed by atoms with Crippen molar-refractivity contribution < 1.29 is 4.79 Å². The van der Waals surface area contributed by atoms with Gasteiger partial charge in [0.15, 0.2) is 0 Å². The fourth-order valence-electron chi connectivity index (χ4n) is 2.75. The molecule has 0 saturated heterocycles. The maximum absolute atomic E-state index is 12.3. The van der Waals surface area contributed by atoms with Gasteiger partial charge in [-0.2, -0.15) is 0 Å². The molecule has 1 unspecified atom stereocenters. The van der Waals surface area contributed by atoms with Crippen molar-refractivity contribution in [3.05, 3.63) is 68.7 Å². The van der Waals surface area contributed by atoms with Crippen molar-refractivity contribution in [1.82, 2.24) is 5.32 Å². The monoisotopic (exact) mass is 363 g/mol. The van der Waals surface area contributed by atoms with Crippen LogP contribution in [0.25, 0.3) is 0 Å². The third-order valence-corrected chi connectivity index (χ3v) is 4.56. The molecule has 21 heavy (non-hydrogen) atoms. The molecule has 1 atom stereocenters. The average molecular weight is 365 g/mol. The van der Waals surface area contributed by atoms with Crippen molar-refractivity contribution in [2.75, 3.05) is 0 Å². The second-order valence-electron chi connectivity index (χ2n) is 5.37. The number of benzene rings is 2. The van der Waals surface area contributed by atoms with Crippen LogP contribution in [-0.2, 0) is 24.2 Å². The SMILES string of the molecule is O=C(NCc1cccc(Cl)c1)C1Cc2ccc(Br)cc2C1. The molecule has 0 bridgehead atoms. The van der Waals surface area contributed by atoms with Gasteiger partial charge in [-0.15, -0.1) is 0 Å². The normalized spacial score (nSPS) is 16.6. The minimum absolute atomic E-state index is 0.0356. The summed E-state index contributed by atoms with van der Waals surface area (Å²) in [6.45, 7) is 0.524. The highest BCUT2D eigenvalue weighted by Crippen LogP contribution is 2.29. The van der Waals surface area contributed by atoms with Crippen molar-refractivity contribution in [1.29, 1.82) is 0 Å². The highest BCUT2D eigenvalue weighted by atomic mass is 79.9. The molecular weight excluding hydrogens is 350 g/mol. The van der Waals surface area contributed by atoms with Gasteiger partial charge in [0.05, 0.1) is 0 Å². The van der Waals surface area contributed by atoms with E-state index < -0.39 is 0 Å². The van der Waals surface area contributed by atoms with Crippen molar-refractivity contribution in [2.24, 2.45) is 5.92 Å². The second kappa shape index (κ2) is 6.20. The van der Waals surface area contributed by atoms with Gasteiger partial charge in [0.25, 0.3) is 0 Å². The van der Waals surface area contributed by atoms with Gasteiger partial charge in [-0.1, -0.05) is 45.7 Å². The molecule has 0 aliphatic heterocycles. The van der Waals surface area contributed by atoms with E-state index >= 15 is 0 Å². The van der Waals surface area contributed by atoms with Crippen LogP contribution < -0.4 is 5.32 Å². The van der Waals surface area contributed by atoms with Crippen molar-refractivity contribution in [3.63, 3.8) is 0 Å². The number of hydrogen-bond donors (Lipinski definition) is 1. The first-order chi connectivity index (χ1) is 10.1. The Morgan fingerprint density at radius 3 is 2.81 bits per heavy atom. The third-order valence-electron chi connectivity index (χ3n) is 3.83. The molecule has 3 rings (SSSR count). The summed E-state index contributed by atoms with van der Waals surface area (Å²) in [5.41, 5.74) is 3.57. The molecule has 0 radical (unpaired) electrons. The lowest BCUT2D eigenvalue weighted by atomic mass is 10.1. The van der Waals surface area contributed by atoms with Crippen molar-refractivity contribution in [3.8, 4) is 0 Å². The molecule has 1 N–H and O–H groups in total. The van der Waals surface area contributed by atoms with Crippen LogP contribution in [0.4, 0.5) is 0 Å². The summed E-state index contributed by atoms with van der Waals surface area (Å²) in [5, 5.41) is 3.70. The number of carbonyl (C=O) groups is 1. The molecule has 4 heteroatoms. The third kappa shape index (κ3) is 3.47. The Kier molecular flexibility index (Phi) is 4.32. The van der Waals surface area contributed by atoms with Gasteiger partial charge in [0.2, 0.25) is 5.91 Å². The highest BCUT2D eigenvalue weighted by Gasteiger charge is 2.27. The number of fused-ring (bicyclic) bond motifs is 1. The standard InChI is InChI=1S/C17H15BrClNO/c18-15-5-4-12-7-14(8-13(12)9-15)17(21)20-10-11-2-1-3-16(19)6-11/h1-6,9,14H,7-8,10H2,(H,20,21). The fourth-order valence-corrected chi connectivity index (χ4v) is 3.37. The van der Waals surface area contributed by atoms with E-state index in [9.17, 15) is 4.79 Å². The Hall–Kier alpha value is -1.32. The van der Waals surface area contributed by atoms with Gasteiger partial charge in [0.1, 0.15) is 0 Å². The summed E-state index contributed by atoms with van der Waals surface area (Å²) in [7, 11) is 0. The van der Waals surface area contributed by atoms with Crippen LogP contribution in [0.1, 0.15) is 16.7 Å². The van der Waals surface area contributed by atoms with Crippen molar-refractivity contribution >= 4 is 33.4 Å². The molecule has 2 nitrogen and oxygen atoms in total. The predicted molar refractivity (Wildman–Crippen MR) is 88.3 cm³/mol. The van der Waals surface area contributed by atoms with E-state index in [0.717, 1.165) is 22.9 Å². The van der Waals surface area contributed by atoms with Gasteiger partial charge in [-0.05, 0) is 53.8 Å². The first kappa shape index (κ1) is 14.6. The number of nitrogens with one attached hydrogen (secondary N) is 1. The highest BCUT2D eigenvalue weighted by molar-refractivity contribution is 9.10. The number of carbonyl (C=O) groups excluding carboxylic acids is 1. The predicted octanol–water partition coefficient (Wildman–Crippen LogP) is 4.13. The largest absolute Gasteiger partial charge is 0.352 e. The van der Waals surface area contributed by atoms with Crippen LogP contribution in [-0.4, -0.2) is 5.91 Å². The molecule has 0 heterocycles. The number of halogens is 2. The first-order valence-electron chi connectivity index (χ1n) is 6.91. The van der Waals surface area contributed by atoms with Crippen molar-refractivity contribution in [2.45, 2.75) is 19.4 Å². The molecule has 1 amide bonds.